The summed E-state index contributed by atoms with van der Waals surface area (Å²) in [5.74, 6) is 0. The molecule has 2 heterocycles. The molecule has 1 N–H and O–H groups in total. The van der Waals surface area contributed by atoms with E-state index in [1.165, 1.54) is 11.3 Å². The molecule has 0 aliphatic heterocycles. The molecular weight excluding hydrogens is 270 g/mol. The number of nitrogens with zero attached hydrogens (tertiary/aromatic N) is 2. The summed E-state index contributed by atoms with van der Waals surface area (Å²) in [6.07, 6.45) is 1.84. The number of thiazole rings is 1. The Kier molecular flexibility index (Phi) is 2.84. The monoisotopic (exact) mass is 277 g/mol. The molecule has 0 atom stereocenters. The minimum absolute atomic E-state index is 0.690. The van der Waals surface area contributed by atoms with E-state index >= 15 is 0 Å². The van der Waals surface area contributed by atoms with Crippen molar-refractivity contribution < 1.29 is 0 Å². The van der Waals surface area contributed by atoms with Gasteiger partial charge < -0.3 is 0 Å². The largest absolute Gasteiger partial charge is 0.258 e. The van der Waals surface area contributed by atoms with Gasteiger partial charge in [-0.05, 0) is 12.2 Å². The van der Waals surface area contributed by atoms with Crippen molar-refractivity contribution in [2.45, 2.75) is 0 Å². The molecule has 0 amide bonds. The van der Waals surface area contributed by atoms with Crippen LogP contribution in [0.2, 0.25) is 0 Å². The first-order valence-electron chi connectivity index (χ1n) is 4.90. The Hall–Kier alpha value is -1.37. The van der Waals surface area contributed by atoms with Crippen molar-refractivity contribution in [2.24, 2.45) is 0 Å². The Labute approximate surface area is 111 Å². The maximum Gasteiger partial charge on any atom is 0.176 e. The molecule has 6 heteroatoms. The zero-order valence-corrected chi connectivity index (χ0v) is 11.0. The van der Waals surface area contributed by atoms with Gasteiger partial charge in [-0.25, -0.2) is 4.98 Å². The molecule has 0 unspecified atom stereocenters. The second-order valence-corrected chi connectivity index (χ2v) is 6.01. The maximum atomic E-state index is 5.02. The Morgan fingerprint density at radius 2 is 1.88 bits per heavy atom. The summed E-state index contributed by atoms with van der Waals surface area (Å²) in [6.45, 7) is 0. The summed E-state index contributed by atoms with van der Waals surface area (Å²) in [4.78, 5) is 5.45. The molecule has 2 aromatic heterocycles. The van der Waals surface area contributed by atoms with Gasteiger partial charge in [-0.2, -0.15) is 5.10 Å². The van der Waals surface area contributed by atoms with Crippen molar-refractivity contribution in [1.29, 1.82) is 0 Å². The van der Waals surface area contributed by atoms with Crippen LogP contribution in [0.3, 0.4) is 0 Å². The second-order valence-electron chi connectivity index (χ2n) is 3.31. The van der Waals surface area contributed by atoms with Crippen LogP contribution in [-0.4, -0.2) is 15.2 Å². The summed E-state index contributed by atoms with van der Waals surface area (Å²) in [7, 11) is 0. The van der Waals surface area contributed by atoms with Crippen LogP contribution in [0.5, 0.6) is 0 Å². The van der Waals surface area contributed by atoms with Gasteiger partial charge >= 0.3 is 0 Å². The lowest BCUT2D eigenvalue weighted by Gasteiger charge is -1.92. The summed E-state index contributed by atoms with van der Waals surface area (Å²) < 4.78 is 0.690. The highest BCUT2D eigenvalue weighted by Gasteiger charge is 2.08. The SMILES string of the molecule is S=c1[nH]nc(-c2cnc(-c3ccccc3)s2)s1. The van der Waals surface area contributed by atoms with Crippen molar-refractivity contribution in [3.8, 4) is 20.5 Å². The van der Waals surface area contributed by atoms with E-state index in [1.807, 2.05) is 24.4 Å². The van der Waals surface area contributed by atoms with Gasteiger partial charge in [0.25, 0.3) is 0 Å². The molecule has 0 bridgehead atoms. The molecule has 0 radical (unpaired) electrons. The topological polar surface area (TPSA) is 41.6 Å². The van der Waals surface area contributed by atoms with Gasteiger partial charge in [0.05, 0.1) is 4.88 Å². The normalized spacial score (nSPS) is 10.6. The van der Waals surface area contributed by atoms with Gasteiger partial charge in [0.1, 0.15) is 5.01 Å². The Morgan fingerprint density at radius 1 is 1.06 bits per heavy atom. The summed E-state index contributed by atoms with van der Waals surface area (Å²) in [6, 6.07) is 10.1. The van der Waals surface area contributed by atoms with Gasteiger partial charge in [0, 0.05) is 11.8 Å². The number of H-pyrrole nitrogens is 1. The van der Waals surface area contributed by atoms with Gasteiger partial charge in [0.2, 0.25) is 0 Å². The van der Waals surface area contributed by atoms with Crippen LogP contribution in [0.15, 0.2) is 36.5 Å². The summed E-state index contributed by atoms with van der Waals surface area (Å²) in [5.41, 5.74) is 1.13. The van der Waals surface area contributed by atoms with E-state index in [-0.39, 0.29) is 0 Å². The fourth-order valence-electron chi connectivity index (χ4n) is 1.42. The van der Waals surface area contributed by atoms with Crippen LogP contribution >= 0.6 is 34.9 Å². The van der Waals surface area contributed by atoms with Crippen LogP contribution in [0.1, 0.15) is 0 Å². The van der Waals surface area contributed by atoms with E-state index in [9.17, 15) is 0 Å². The number of rotatable bonds is 2. The van der Waals surface area contributed by atoms with Crippen LogP contribution in [0.4, 0.5) is 0 Å². The number of hydrogen-bond donors (Lipinski definition) is 1. The summed E-state index contributed by atoms with van der Waals surface area (Å²) >= 11 is 8.11. The van der Waals surface area contributed by atoms with E-state index in [0.717, 1.165) is 20.5 Å². The highest BCUT2D eigenvalue weighted by molar-refractivity contribution is 7.73. The van der Waals surface area contributed by atoms with E-state index in [4.69, 9.17) is 12.2 Å². The average Bonchev–Trinajstić information content (AvgIpc) is 2.98. The molecule has 3 aromatic rings. The molecule has 84 valence electrons. The molecule has 3 rings (SSSR count). The smallest absolute Gasteiger partial charge is 0.176 e. The molecular formula is C11H7N3S3. The molecule has 3 nitrogen and oxygen atoms in total. The molecule has 0 fully saturated rings. The first-order chi connectivity index (χ1) is 8.33. The van der Waals surface area contributed by atoms with Gasteiger partial charge in [-0.1, -0.05) is 41.7 Å². The zero-order chi connectivity index (χ0) is 11.7. The second kappa shape index (κ2) is 4.48. The lowest BCUT2D eigenvalue weighted by Crippen LogP contribution is -1.71. The van der Waals surface area contributed by atoms with Crippen molar-refractivity contribution >= 4 is 34.9 Å². The molecule has 0 aliphatic carbocycles. The minimum Gasteiger partial charge on any atom is -0.258 e. The van der Waals surface area contributed by atoms with Gasteiger partial charge in [-0.15, -0.1) is 11.3 Å². The van der Waals surface area contributed by atoms with E-state index in [1.54, 1.807) is 11.3 Å². The Balaban J connectivity index is 2.01. The van der Waals surface area contributed by atoms with E-state index in [0.29, 0.717) is 3.95 Å². The quantitative estimate of drug-likeness (QED) is 0.720. The molecule has 0 saturated heterocycles. The van der Waals surface area contributed by atoms with E-state index in [2.05, 4.69) is 27.3 Å². The molecule has 0 spiro atoms. The lowest BCUT2D eigenvalue weighted by molar-refractivity contribution is 1.09. The maximum absolute atomic E-state index is 5.02. The number of nitrogens with one attached hydrogen (secondary N) is 1. The van der Waals surface area contributed by atoms with Crippen LogP contribution in [-0.2, 0) is 0 Å². The number of aromatic nitrogens is 3. The Bertz CT molecular complexity index is 681. The average molecular weight is 277 g/mol. The Morgan fingerprint density at radius 3 is 2.59 bits per heavy atom. The van der Waals surface area contributed by atoms with Crippen molar-refractivity contribution in [3.63, 3.8) is 0 Å². The number of benzene rings is 1. The fourth-order valence-corrected chi connectivity index (χ4v) is 3.27. The van der Waals surface area contributed by atoms with Crippen LogP contribution < -0.4 is 0 Å². The standard InChI is InChI=1S/C11H7N3S3/c15-11-14-13-10(17-11)8-6-12-9(16-8)7-4-2-1-3-5-7/h1-6H,(H,14,15). The van der Waals surface area contributed by atoms with Crippen molar-refractivity contribution in [2.75, 3.05) is 0 Å². The van der Waals surface area contributed by atoms with Gasteiger partial charge in [-0.3, -0.25) is 5.10 Å². The number of hydrogen-bond acceptors (Lipinski definition) is 5. The fraction of sp³-hybridized carbons (Fsp3) is 0. The predicted molar refractivity (Wildman–Crippen MR) is 73.8 cm³/mol. The highest BCUT2D eigenvalue weighted by Crippen LogP contribution is 2.32. The van der Waals surface area contributed by atoms with Crippen LogP contribution in [0, 0.1) is 3.95 Å². The zero-order valence-electron chi connectivity index (χ0n) is 8.58. The first-order valence-corrected chi connectivity index (χ1v) is 6.94. The summed E-state index contributed by atoms with van der Waals surface area (Å²) in [5, 5.41) is 8.83. The van der Waals surface area contributed by atoms with E-state index < -0.39 is 0 Å². The number of aromatic amines is 1. The predicted octanol–water partition coefficient (Wildman–Crippen LogP) is 3.99. The lowest BCUT2D eigenvalue weighted by atomic mass is 10.2. The minimum atomic E-state index is 0.690. The van der Waals surface area contributed by atoms with Crippen LogP contribution in [0.25, 0.3) is 20.5 Å². The first kappa shape index (κ1) is 10.8. The third kappa shape index (κ3) is 2.19. The molecule has 1 aromatic carbocycles. The molecule has 0 aliphatic rings. The van der Waals surface area contributed by atoms with Gasteiger partial charge in [0.15, 0.2) is 8.96 Å². The molecule has 0 saturated carbocycles. The highest BCUT2D eigenvalue weighted by atomic mass is 32.1. The third-order valence-corrected chi connectivity index (χ3v) is 4.48. The van der Waals surface area contributed by atoms with Crippen molar-refractivity contribution in [1.82, 2.24) is 15.2 Å². The van der Waals surface area contributed by atoms with Crippen molar-refractivity contribution in [3.05, 3.63) is 40.5 Å². The third-order valence-electron chi connectivity index (χ3n) is 2.18. The molecule has 17 heavy (non-hydrogen) atoms.